The number of hydrogen-bond donors (Lipinski definition) is 2. The van der Waals surface area contributed by atoms with Gasteiger partial charge in [-0.15, -0.1) is 5.01 Å². The van der Waals surface area contributed by atoms with E-state index < -0.39 is 18.4 Å². The number of nitrogens with one attached hydrogen (secondary N) is 1. The number of rotatable bonds is 20. The highest BCUT2D eigenvalue weighted by Gasteiger charge is 2.23. The third-order valence-electron chi connectivity index (χ3n) is 8.06. The molecule has 1 aromatic heterocycles. The van der Waals surface area contributed by atoms with Crippen LogP contribution in [0.3, 0.4) is 0 Å². The number of hydrazone groups is 2. The van der Waals surface area contributed by atoms with E-state index in [0.717, 1.165) is 22.3 Å². The van der Waals surface area contributed by atoms with Crippen molar-refractivity contribution in [3.63, 3.8) is 0 Å². The van der Waals surface area contributed by atoms with Crippen LogP contribution in [0.1, 0.15) is 68.4 Å². The Morgan fingerprint density at radius 3 is 2.41 bits per heavy atom. The van der Waals surface area contributed by atoms with Crippen molar-refractivity contribution in [3.05, 3.63) is 88.6 Å². The number of imidazole rings is 1. The van der Waals surface area contributed by atoms with Gasteiger partial charge in [-0.05, 0) is 68.9 Å². The van der Waals surface area contributed by atoms with E-state index in [1.807, 2.05) is 69.3 Å². The molecule has 17 heteroatoms. The zero-order valence-electron chi connectivity index (χ0n) is 31.0. The molecule has 0 aliphatic carbocycles. The molecule has 17 nitrogen and oxygen atoms in total. The fourth-order valence-electron chi connectivity index (χ4n) is 5.48. The van der Waals surface area contributed by atoms with Gasteiger partial charge in [-0.25, -0.2) is 9.59 Å². The summed E-state index contributed by atoms with van der Waals surface area (Å²) in [5, 5.41) is 24.2. The van der Waals surface area contributed by atoms with E-state index in [0.29, 0.717) is 73.4 Å². The van der Waals surface area contributed by atoms with Gasteiger partial charge in [-0.3, -0.25) is 9.99 Å². The smallest absolute Gasteiger partial charge is 0.511 e. The molecule has 1 unspecified atom stereocenters. The Balaban J connectivity index is 1.38. The second-order valence-corrected chi connectivity index (χ2v) is 11.6. The summed E-state index contributed by atoms with van der Waals surface area (Å²) >= 11 is 0. The lowest BCUT2D eigenvalue weighted by Gasteiger charge is -2.16. The molecule has 4 rings (SSSR count). The van der Waals surface area contributed by atoms with E-state index in [2.05, 4.69) is 32.6 Å². The number of nitrogens with two attached hydrogens (primary N) is 1. The predicted octanol–water partition coefficient (Wildman–Crippen LogP) is 5.95. The summed E-state index contributed by atoms with van der Waals surface area (Å²) in [5.74, 6) is 5.25. The number of carbonyl (C=O) groups excluding carboxylic acids is 2. The summed E-state index contributed by atoms with van der Waals surface area (Å²) in [7, 11) is 0. The van der Waals surface area contributed by atoms with E-state index in [1.165, 1.54) is 11.9 Å². The number of aromatic nitrogens is 2. The lowest BCUT2D eigenvalue weighted by atomic mass is 9.98. The zero-order chi connectivity index (χ0) is 38.9. The minimum absolute atomic E-state index is 0.0863. The maximum Gasteiger partial charge on any atom is 0.511 e. The average molecular weight is 746 g/mol. The van der Waals surface area contributed by atoms with Crippen LogP contribution in [0.15, 0.2) is 82.2 Å². The molecule has 0 saturated carbocycles. The van der Waals surface area contributed by atoms with Crippen LogP contribution in [-0.4, -0.2) is 83.4 Å². The van der Waals surface area contributed by atoms with Gasteiger partial charge in [0.05, 0.1) is 54.4 Å². The number of fused-ring (bicyclic) bond motifs is 1. The summed E-state index contributed by atoms with van der Waals surface area (Å²) in [6.07, 6.45) is -0.420. The Bertz CT molecular complexity index is 1910. The maximum absolute atomic E-state index is 13.5. The van der Waals surface area contributed by atoms with Crippen LogP contribution in [0.25, 0.3) is 22.2 Å². The SMILES string of the molecule is C=NN/C(=N\N)c1ccccc1-c1ccc(Cn2c(OCC)nc3cccc(C(=O)OC(C)OC(=O)OCCCCCO/N=[N+](\[O-])N(CC)CC)c32)cc1. The molecular weight excluding hydrogens is 698 g/mol. The third kappa shape index (κ3) is 10.8. The van der Waals surface area contributed by atoms with Crippen molar-refractivity contribution in [2.75, 3.05) is 32.9 Å². The molecule has 288 valence electrons. The highest BCUT2D eigenvalue weighted by atomic mass is 16.8. The molecule has 0 bridgehead atoms. The number of hydrogen-bond acceptors (Lipinski definition) is 13. The Labute approximate surface area is 313 Å². The summed E-state index contributed by atoms with van der Waals surface area (Å²) < 4.78 is 23.5. The average Bonchev–Trinajstić information content (AvgIpc) is 3.52. The van der Waals surface area contributed by atoms with Gasteiger partial charge in [0.25, 0.3) is 6.01 Å². The first-order valence-electron chi connectivity index (χ1n) is 17.6. The fourth-order valence-corrected chi connectivity index (χ4v) is 5.48. The van der Waals surface area contributed by atoms with Crippen molar-refractivity contribution in [1.29, 1.82) is 0 Å². The highest BCUT2D eigenvalue weighted by Crippen LogP contribution is 2.29. The van der Waals surface area contributed by atoms with Crippen molar-refractivity contribution < 1.29 is 38.3 Å². The van der Waals surface area contributed by atoms with Crippen LogP contribution in [-0.2, 0) is 25.6 Å². The predicted molar refractivity (Wildman–Crippen MR) is 201 cm³/mol. The topological polar surface area (TPSA) is 203 Å². The van der Waals surface area contributed by atoms with E-state index in [-0.39, 0.29) is 18.8 Å². The van der Waals surface area contributed by atoms with Gasteiger partial charge in [0.15, 0.2) is 5.84 Å². The second-order valence-electron chi connectivity index (χ2n) is 11.6. The van der Waals surface area contributed by atoms with Crippen LogP contribution in [0.4, 0.5) is 4.79 Å². The van der Waals surface area contributed by atoms with Gasteiger partial charge >= 0.3 is 12.1 Å². The van der Waals surface area contributed by atoms with Crippen LogP contribution in [0.2, 0.25) is 0 Å². The van der Waals surface area contributed by atoms with Gasteiger partial charge in [0.1, 0.15) is 6.61 Å². The van der Waals surface area contributed by atoms with Crippen molar-refractivity contribution in [2.45, 2.75) is 59.8 Å². The van der Waals surface area contributed by atoms with E-state index in [1.54, 1.807) is 22.8 Å². The molecule has 3 aromatic carbocycles. The number of ether oxygens (including phenoxy) is 4. The Morgan fingerprint density at radius 1 is 0.981 bits per heavy atom. The number of hydrazine groups is 1. The highest BCUT2D eigenvalue weighted by molar-refractivity contribution is 6.04. The molecule has 4 aromatic rings. The molecule has 0 saturated heterocycles. The van der Waals surface area contributed by atoms with Gasteiger partial charge in [0.2, 0.25) is 11.6 Å². The molecular formula is C37H47N9O8. The monoisotopic (exact) mass is 745 g/mol. The summed E-state index contributed by atoms with van der Waals surface area (Å²) in [4.78, 5) is 35.9. The van der Waals surface area contributed by atoms with Crippen molar-refractivity contribution in [1.82, 2.24) is 20.0 Å². The number of esters is 1. The minimum atomic E-state index is -1.24. The Hall–Kier alpha value is -6.39. The van der Waals surface area contributed by atoms with Crippen molar-refractivity contribution >= 4 is 35.7 Å². The van der Waals surface area contributed by atoms with Gasteiger partial charge < -0.3 is 34.8 Å². The first-order chi connectivity index (χ1) is 26.2. The van der Waals surface area contributed by atoms with Crippen LogP contribution in [0, 0.1) is 5.21 Å². The van der Waals surface area contributed by atoms with E-state index >= 15 is 0 Å². The van der Waals surface area contributed by atoms with E-state index in [9.17, 15) is 14.8 Å². The summed E-state index contributed by atoms with van der Waals surface area (Å²) in [6.45, 7) is 12.5. The molecule has 0 radical (unpaired) electrons. The first-order valence-corrected chi connectivity index (χ1v) is 17.6. The largest absolute Gasteiger partial charge is 0.569 e. The first kappa shape index (κ1) is 40.4. The van der Waals surface area contributed by atoms with Gasteiger partial charge in [0, 0.05) is 19.2 Å². The number of nitrogens with zero attached hydrogens (tertiary/aromatic N) is 7. The van der Waals surface area contributed by atoms with Crippen LogP contribution in [0.5, 0.6) is 6.01 Å². The second kappa shape index (κ2) is 20.6. The molecule has 3 N–H and O–H groups in total. The zero-order valence-corrected chi connectivity index (χ0v) is 31.0. The molecule has 0 aliphatic rings. The molecule has 1 heterocycles. The Kier molecular flexibility index (Phi) is 15.4. The minimum Gasteiger partial charge on any atom is -0.569 e. The number of amidine groups is 1. The fraction of sp³-hybridized carbons (Fsp3) is 0.378. The van der Waals surface area contributed by atoms with Gasteiger partial charge in [-0.1, -0.05) is 54.6 Å². The number of para-hydroxylation sites is 1. The lowest BCUT2D eigenvalue weighted by molar-refractivity contribution is -0.710. The number of benzene rings is 3. The van der Waals surface area contributed by atoms with Crippen molar-refractivity contribution in [2.24, 2.45) is 21.3 Å². The molecule has 0 spiro atoms. The quantitative estimate of drug-likeness (QED) is 0.0124. The van der Waals surface area contributed by atoms with Crippen LogP contribution < -0.4 is 16.0 Å². The normalized spacial score (nSPS) is 12.1. The lowest BCUT2D eigenvalue weighted by Crippen LogP contribution is -2.30. The van der Waals surface area contributed by atoms with Crippen LogP contribution >= 0.6 is 0 Å². The standard InChI is InChI=1S/C37H47N9O8/c1-6-44(7-2)46(49)43-52-24-13-9-12-23-51-37(48)54-26(4)53-35(47)31-17-14-18-32-33(31)45(36(40-32)50-8-3)25-27-19-21-28(22-20-27)29-15-10-11-16-30(29)34(41-38)42-39-5/h10-11,14-22,26H,5-9,12-13,23-25,38H2,1-4H3,(H,41,42)/b46-43-. The summed E-state index contributed by atoms with van der Waals surface area (Å²) in [5.41, 5.74) is 7.42. The van der Waals surface area contributed by atoms with Gasteiger partial charge in [-0.2, -0.15) is 15.2 Å². The number of unbranched alkanes of at least 4 members (excludes halogenated alkanes) is 2. The number of carbonyl (C=O) groups is 2. The molecule has 54 heavy (non-hydrogen) atoms. The Morgan fingerprint density at radius 2 is 1.70 bits per heavy atom. The molecule has 0 aliphatic heterocycles. The van der Waals surface area contributed by atoms with Crippen molar-refractivity contribution in [3.8, 4) is 17.1 Å². The van der Waals surface area contributed by atoms with E-state index in [4.69, 9.17) is 29.6 Å². The molecule has 0 fully saturated rings. The third-order valence-corrected chi connectivity index (χ3v) is 8.06. The molecule has 0 amide bonds. The molecule has 1 atom stereocenters. The maximum atomic E-state index is 13.5. The summed E-state index contributed by atoms with van der Waals surface area (Å²) in [6, 6.07) is 20.9.